The molecule has 16 heavy (non-hydrogen) atoms. The van der Waals surface area contributed by atoms with Gasteiger partial charge >= 0.3 is 0 Å². The van der Waals surface area contributed by atoms with Crippen LogP contribution in [0.2, 0.25) is 0 Å². The summed E-state index contributed by atoms with van der Waals surface area (Å²) in [6, 6.07) is 1.93. The lowest BCUT2D eigenvalue weighted by Crippen LogP contribution is -2.06. The van der Waals surface area contributed by atoms with E-state index in [-0.39, 0.29) is 11.7 Å². The van der Waals surface area contributed by atoms with E-state index >= 15 is 0 Å². The van der Waals surface area contributed by atoms with Gasteiger partial charge in [-0.2, -0.15) is 11.8 Å². The first-order chi connectivity index (χ1) is 7.65. The van der Waals surface area contributed by atoms with Gasteiger partial charge in [-0.3, -0.25) is 4.79 Å². The average Bonchev–Trinajstić information content (AvgIpc) is 2.72. The van der Waals surface area contributed by atoms with E-state index in [0.717, 1.165) is 12.1 Å². The Morgan fingerprint density at radius 2 is 2.25 bits per heavy atom. The molecule has 0 radical (unpaired) electrons. The molecule has 0 bridgehead atoms. The standard InChI is InChI=1S/C13H21NOS/c1-4-16-9-5-7-14-8-6-12(10-14)13(15)11(2)3/h6,8,10-11H,4-5,7,9H2,1-3H3. The third kappa shape index (κ3) is 4.05. The van der Waals surface area contributed by atoms with Crippen molar-refractivity contribution in [3.8, 4) is 0 Å². The van der Waals surface area contributed by atoms with Gasteiger partial charge in [0.25, 0.3) is 0 Å². The van der Waals surface area contributed by atoms with Crippen LogP contribution in [0.25, 0.3) is 0 Å². The molecule has 0 unspecified atom stereocenters. The van der Waals surface area contributed by atoms with Gasteiger partial charge in [0, 0.05) is 30.4 Å². The number of hydrogen-bond donors (Lipinski definition) is 0. The van der Waals surface area contributed by atoms with Crippen LogP contribution in [0.15, 0.2) is 18.5 Å². The number of Topliss-reactive ketones (excluding diaryl/α,β-unsaturated/α-hetero) is 1. The molecule has 0 N–H and O–H groups in total. The van der Waals surface area contributed by atoms with Crippen LogP contribution < -0.4 is 0 Å². The van der Waals surface area contributed by atoms with Gasteiger partial charge in [-0.05, 0) is 24.0 Å². The van der Waals surface area contributed by atoms with Crippen molar-refractivity contribution < 1.29 is 4.79 Å². The van der Waals surface area contributed by atoms with Gasteiger partial charge in [-0.1, -0.05) is 20.8 Å². The van der Waals surface area contributed by atoms with Crippen molar-refractivity contribution in [3.63, 3.8) is 0 Å². The minimum absolute atomic E-state index is 0.0893. The highest BCUT2D eigenvalue weighted by Crippen LogP contribution is 2.10. The van der Waals surface area contributed by atoms with E-state index in [1.165, 1.54) is 17.9 Å². The van der Waals surface area contributed by atoms with Crippen molar-refractivity contribution in [2.24, 2.45) is 5.92 Å². The first-order valence-electron chi connectivity index (χ1n) is 5.93. The molecule has 0 spiro atoms. The molecule has 0 saturated heterocycles. The highest BCUT2D eigenvalue weighted by atomic mass is 32.2. The van der Waals surface area contributed by atoms with E-state index in [1.54, 1.807) is 0 Å². The van der Waals surface area contributed by atoms with Crippen LogP contribution in [0, 0.1) is 5.92 Å². The molecule has 0 saturated carbocycles. The second kappa shape index (κ2) is 6.79. The van der Waals surface area contributed by atoms with E-state index in [2.05, 4.69) is 11.5 Å². The molecule has 0 amide bonds. The summed E-state index contributed by atoms with van der Waals surface area (Å²) in [6.07, 6.45) is 5.15. The molecule has 3 heteroatoms. The molecule has 2 nitrogen and oxygen atoms in total. The third-order valence-electron chi connectivity index (χ3n) is 2.47. The van der Waals surface area contributed by atoms with Crippen molar-refractivity contribution in [1.29, 1.82) is 0 Å². The predicted octanol–water partition coefficient (Wildman–Crippen LogP) is 3.47. The Hall–Kier alpha value is -0.700. The van der Waals surface area contributed by atoms with Crippen molar-refractivity contribution in [2.45, 2.75) is 33.7 Å². The zero-order valence-electron chi connectivity index (χ0n) is 10.4. The third-order valence-corrected chi connectivity index (χ3v) is 3.45. The lowest BCUT2D eigenvalue weighted by Gasteiger charge is -2.02. The summed E-state index contributed by atoms with van der Waals surface area (Å²) in [6.45, 7) is 7.08. The van der Waals surface area contributed by atoms with Crippen LogP contribution in [-0.4, -0.2) is 21.9 Å². The number of hydrogen-bond acceptors (Lipinski definition) is 2. The average molecular weight is 239 g/mol. The van der Waals surface area contributed by atoms with Crippen LogP contribution in [0.4, 0.5) is 0 Å². The highest BCUT2D eigenvalue weighted by Gasteiger charge is 2.11. The summed E-state index contributed by atoms with van der Waals surface area (Å²) in [5.74, 6) is 2.71. The Kier molecular flexibility index (Phi) is 5.67. The zero-order valence-corrected chi connectivity index (χ0v) is 11.2. The van der Waals surface area contributed by atoms with E-state index < -0.39 is 0 Å². The van der Waals surface area contributed by atoms with Gasteiger partial charge in [0.15, 0.2) is 5.78 Å². The molecule has 1 aromatic rings. The summed E-state index contributed by atoms with van der Waals surface area (Å²) in [7, 11) is 0. The van der Waals surface area contributed by atoms with Crippen molar-refractivity contribution in [1.82, 2.24) is 4.57 Å². The zero-order chi connectivity index (χ0) is 12.0. The summed E-state index contributed by atoms with van der Waals surface area (Å²) in [4.78, 5) is 11.7. The Bertz CT molecular complexity index is 330. The molecule has 0 aliphatic heterocycles. The smallest absolute Gasteiger partial charge is 0.166 e. The van der Waals surface area contributed by atoms with E-state index in [0.29, 0.717) is 0 Å². The number of carbonyl (C=O) groups is 1. The molecule has 0 aliphatic carbocycles. The maximum atomic E-state index is 11.7. The molecule has 0 fully saturated rings. The topological polar surface area (TPSA) is 22.0 Å². The number of ketones is 1. The predicted molar refractivity (Wildman–Crippen MR) is 71.2 cm³/mol. The Labute approximate surface area is 102 Å². The van der Waals surface area contributed by atoms with Crippen LogP contribution in [0.3, 0.4) is 0 Å². The molecule has 1 heterocycles. The Balaban J connectivity index is 2.42. The van der Waals surface area contributed by atoms with Crippen molar-refractivity contribution in [2.75, 3.05) is 11.5 Å². The molecule has 90 valence electrons. The van der Waals surface area contributed by atoms with Gasteiger partial charge in [-0.15, -0.1) is 0 Å². The summed E-state index contributed by atoms with van der Waals surface area (Å²) in [5.41, 5.74) is 0.846. The SMILES string of the molecule is CCSCCCn1ccc(C(=O)C(C)C)c1. The van der Waals surface area contributed by atoms with Crippen LogP contribution in [0.5, 0.6) is 0 Å². The van der Waals surface area contributed by atoms with Crippen LogP contribution in [-0.2, 0) is 6.54 Å². The van der Waals surface area contributed by atoms with Crippen molar-refractivity contribution in [3.05, 3.63) is 24.0 Å². The van der Waals surface area contributed by atoms with E-state index in [9.17, 15) is 4.79 Å². The first-order valence-corrected chi connectivity index (χ1v) is 7.08. The van der Waals surface area contributed by atoms with Gasteiger partial charge in [0.1, 0.15) is 0 Å². The molecule has 1 rings (SSSR count). The minimum atomic E-state index is 0.0893. The quantitative estimate of drug-likeness (QED) is 0.537. The largest absolute Gasteiger partial charge is 0.353 e. The second-order valence-corrected chi connectivity index (χ2v) is 5.60. The fraction of sp³-hybridized carbons (Fsp3) is 0.615. The molecular weight excluding hydrogens is 218 g/mol. The van der Waals surface area contributed by atoms with Crippen molar-refractivity contribution >= 4 is 17.5 Å². The second-order valence-electron chi connectivity index (χ2n) is 4.21. The van der Waals surface area contributed by atoms with Crippen LogP contribution >= 0.6 is 11.8 Å². The normalized spacial score (nSPS) is 11.0. The number of carbonyl (C=O) groups excluding carboxylic acids is 1. The number of aryl methyl sites for hydroxylation is 1. The molecule has 0 aromatic carbocycles. The number of rotatable bonds is 7. The summed E-state index contributed by atoms with van der Waals surface area (Å²) in [5, 5.41) is 0. The maximum Gasteiger partial charge on any atom is 0.166 e. The number of aromatic nitrogens is 1. The summed E-state index contributed by atoms with van der Waals surface area (Å²) >= 11 is 1.97. The number of nitrogens with zero attached hydrogens (tertiary/aromatic N) is 1. The molecular formula is C13H21NOS. The van der Waals surface area contributed by atoms with Crippen LogP contribution in [0.1, 0.15) is 37.6 Å². The molecule has 1 aromatic heterocycles. The molecule has 0 aliphatic rings. The fourth-order valence-electron chi connectivity index (χ4n) is 1.55. The van der Waals surface area contributed by atoms with Gasteiger partial charge in [0.05, 0.1) is 0 Å². The maximum absolute atomic E-state index is 11.7. The number of thioether (sulfide) groups is 1. The van der Waals surface area contributed by atoms with Gasteiger partial charge in [0.2, 0.25) is 0 Å². The van der Waals surface area contributed by atoms with E-state index in [4.69, 9.17) is 0 Å². The molecule has 0 atom stereocenters. The highest BCUT2D eigenvalue weighted by molar-refractivity contribution is 7.99. The summed E-state index contributed by atoms with van der Waals surface area (Å²) < 4.78 is 2.12. The first kappa shape index (κ1) is 13.4. The minimum Gasteiger partial charge on any atom is -0.353 e. The Morgan fingerprint density at radius 3 is 2.88 bits per heavy atom. The lowest BCUT2D eigenvalue weighted by atomic mass is 10.0. The monoisotopic (exact) mass is 239 g/mol. The lowest BCUT2D eigenvalue weighted by molar-refractivity contribution is 0.0939. The van der Waals surface area contributed by atoms with E-state index in [1.807, 2.05) is 44.1 Å². The van der Waals surface area contributed by atoms with Gasteiger partial charge in [-0.25, -0.2) is 0 Å². The fourth-order valence-corrected chi connectivity index (χ4v) is 2.17. The Morgan fingerprint density at radius 1 is 1.50 bits per heavy atom. The van der Waals surface area contributed by atoms with Gasteiger partial charge < -0.3 is 4.57 Å².